The van der Waals surface area contributed by atoms with E-state index in [4.69, 9.17) is 9.84 Å². The summed E-state index contributed by atoms with van der Waals surface area (Å²) in [5.41, 5.74) is 0.900. The number of likely N-dealkylation sites (tertiary alicyclic amines) is 1. The molecular formula is C14H17NO5. The number of ether oxygens (including phenoxy) is 1. The van der Waals surface area contributed by atoms with Gasteiger partial charge in [0.1, 0.15) is 11.8 Å². The van der Waals surface area contributed by atoms with Crippen LogP contribution in [0.1, 0.15) is 12.0 Å². The number of carboxylic acid groups (broad SMARTS) is 1. The van der Waals surface area contributed by atoms with Crippen molar-refractivity contribution in [2.75, 3.05) is 13.2 Å². The predicted molar refractivity (Wildman–Crippen MR) is 70.4 cm³/mol. The molecule has 0 aromatic heterocycles. The first-order valence-electron chi connectivity index (χ1n) is 6.38. The van der Waals surface area contributed by atoms with Gasteiger partial charge in [-0.3, -0.25) is 4.79 Å². The van der Waals surface area contributed by atoms with Crippen LogP contribution in [0.15, 0.2) is 24.3 Å². The predicted octanol–water partition coefficient (Wildman–Crippen LogP) is 0.420. The maximum absolute atomic E-state index is 12.0. The summed E-state index contributed by atoms with van der Waals surface area (Å²) >= 11 is 0. The van der Waals surface area contributed by atoms with E-state index in [2.05, 4.69) is 0 Å². The van der Waals surface area contributed by atoms with Gasteiger partial charge in [0.2, 0.25) is 0 Å². The smallest absolute Gasteiger partial charge is 0.326 e. The second-order valence-electron chi connectivity index (χ2n) is 4.84. The van der Waals surface area contributed by atoms with Crippen LogP contribution in [-0.4, -0.2) is 52.3 Å². The van der Waals surface area contributed by atoms with Crippen LogP contribution in [0.3, 0.4) is 0 Å². The number of hydrogen-bond donors (Lipinski definition) is 2. The number of amides is 1. The number of β-amino-alcohol motifs (C(OH)–C–C–N with tert-alkyl or cyclic N) is 1. The zero-order valence-corrected chi connectivity index (χ0v) is 11.2. The van der Waals surface area contributed by atoms with E-state index >= 15 is 0 Å². The van der Waals surface area contributed by atoms with Crippen molar-refractivity contribution < 1.29 is 24.5 Å². The Balaban J connectivity index is 1.98. The van der Waals surface area contributed by atoms with Crippen LogP contribution in [0.2, 0.25) is 0 Å². The highest BCUT2D eigenvalue weighted by atomic mass is 16.5. The number of aliphatic hydroxyl groups is 1. The van der Waals surface area contributed by atoms with Crippen LogP contribution < -0.4 is 4.74 Å². The standard InChI is InChI=1S/C14H17NO5/c1-9-4-2-3-5-12(9)20-8-13(17)15-7-10(16)6-11(15)14(18)19/h2-5,10-11,16H,6-8H2,1H3,(H,18,19)/t10-,11-/m0/s1. The van der Waals surface area contributed by atoms with Gasteiger partial charge in [0.05, 0.1) is 6.10 Å². The van der Waals surface area contributed by atoms with Gasteiger partial charge >= 0.3 is 5.97 Å². The highest BCUT2D eigenvalue weighted by Crippen LogP contribution is 2.20. The van der Waals surface area contributed by atoms with Crippen LogP contribution in [0.25, 0.3) is 0 Å². The first kappa shape index (κ1) is 14.3. The molecule has 0 aliphatic carbocycles. The van der Waals surface area contributed by atoms with Crippen molar-refractivity contribution in [1.29, 1.82) is 0 Å². The number of aliphatic hydroxyl groups excluding tert-OH is 1. The summed E-state index contributed by atoms with van der Waals surface area (Å²) in [6, 6.07) is 6.29. The fourth-order valence-corrected chi connectivity index (χ4v) is 2.26. The Morgan fingerprint density at radius 1 is 1.40 bits per heavy atom. The molecule has 20 heavy (non-hydrogen) atoms. The molecule has 2 N–H and O–H groups in total. The van der Waals surface area contributed by atoms with Crippen LogP contribution in [0.4, 0.5) is 0 Å². The van der Waals surface area contributed by atoms with Gasteiger partial charge in [0.15, 0.2) is 6.61 Å². The minimum Gasteiger partial charge on any atom is -0.484 e. The number of carboxylic acids is 1. The van der Waals surface area contributed by atoms with Crippen molar-refractivity contribution in [3.63, 3.8) is 0 Å². The molecule has 1 aliphatic heterocycles. The molecule has 1 fully saturated rings. The molecule has 1 amide bonds. The average Bonchev–Trinajstić information content (AvgIpc) is 2.80. The van der Waals surface area contributed by atoms with Gasteiger partial charge in [-0.25, -0.2) is 4.79 Å². The second-order valence-corrected chi connectivity index (χ2v) is 4.84. The van der Waals surface area contributed by atoms with Crippen LogP contribution in [0, 0.1) is 6.92 Å². The Bertz CT molecular complexity index is 516. The minimum atomic E-state index is -1.11. The third kappa shape index (κ3) is 3.08. The monoisotopic (exact) mass is 279 g/mol. The van der Waals surface area contributed by atoms with Gasteiger partial charge in [-0.15, -0.1) is 0 Å². The molecule has 0 spiro atoms. The lowest BCUT2D eigenvalue weighted by atomic mass is 10.2. The fraction of sp³-hybridized carbons (Fsp3) is 0.429. The number of para-hydroxylation sites is 1. The molecule has 0 saturated carbocycles. The third-order valence-electron chi connectivity index (χ3n) is 3.33. The molecule has 1 aromatic carbocycles. The van der Waals surface area contributed by atoms with Crippen molar-refractivity contribution in [3.05, 3.63) is 29.8 Å². The molecule has 0 unspecified atom stereocenters. The second kappa shape index (κ2) is 5.92. The number of rotatable bonds is 4. The van der Waals surface area contributed by atoms with E-state index in [9.17, 15) is 14.7 Å². The minimum absolute atomic E-state index is 0.0347. The number of hydrogen-bond acceptors (Lipinski definition) is 4. The SMILES string of the molecule is Cc1ccccc1OCC(=O)N1C[C@@H](O)C[C@H]1C(=O)O. The summed E-state index contributed by atoms with van der Waals surface area (Å²) < 4.78 is 5.41. The number of benzene rings is 1. The Hall–Kier alpha value is -2.08. The fourth-order valence-electron chi connectivity index (χ4n) is 2.26. The molecular weight excluding hydrogens is 262 g/mol. The molecule has 1 aliphatic rings. The molecule has 2 atom stereocenters. The number of nitrogens with zero attached hydrogens (tertiary/aromatic N) is 1. The normalized spacial score (nSPS) is 21.8. The van der Waals surface area contributed by atoms with Gasteiger partial charge in [0, 0.05) is 13.0 Å². The maximum atomic E-state index is 12.0. The molecule has 0 radical (unpaired) electrons. The highest BCUT2D eigenvalue weighted by Gasteiger charge is 2.38. The van der Waals surface area contributed by atoms with E-state index < -0.39 is 24.0 Å². The van der Waals surface area contributed by atoms with E-state index in [1.807, 2.05) is 19.1 Å². The van der Waals surface area contributed by atoms with Gasteiger partial charge in [-0.1, -0.05) is 18.2 Å². The number of carbonyl (C=O) groups is 2. The quantitative estimate of drug-likeness (QED) is 0.834. The van der Waals surface area contributed by atoms with E-state index in [0.29, 0.717) is 5.75 Å². The molecule has 1 saturated heterocycles. The molecule has 1 heterocycles. The lowest BCUT2D eigenvalue weighted by Gasteiger charge is -2.21. The summed E-state index contributed by atoms with van der Waals surface area (Å²) in [6.07, 6.45) is -0.732. The Morgan fingerprint density at radius 2 is 2.10 bits per heavy atom. The van der Waals surface area contributed by atoms with E-state index in [0.717, 1.165) is 10.5 Å². The maximum Gasteiger partial charge on any atom is 0.326 e. The number of aryl methyl sites for hydroxylation is 1. The lowest BCUT2D eigenvalue weighted by Crippen LogP contribution is -2.43. The van der Waals surface area contributed by atoms with Gasteiger partial charge in [-0.05, 0) is 18.6 Å². The zero-order chi connectivity index (χ0) is 14.7. The van der Waals surface area contributed by atoms with Crippen molar-refractivity contribution in [2.24, 2.45) is 0 Å². The van der Waals surface area contributed by atoms with Gasteiger partial charge in [-0.2, -0.15) is 0 Å². The highest BCUT2D eigenvalue weighted by molar-refractivity contribution is 5.85. The molecule has 1 aromatic rings. The van der Waals surface area contributed by atoms with Gasteiger partial charge < -0.3 is 19.8 Å². The molecule has 0 bridgehead atoms. The number of aliphatic carboxylic acids is 1. The summed E-state index contributed by atoms with van der Waals surface area (Å²) in [4.78, 5) is 24.2. The van der Waals surface area contributed by atoms with Crippen molar-refractivity contribution in [3.8, 4) is 5.75 Å². The lowest BCUT2D eigenvalue weighted by molar-refractivity contribution is -0.149. The van der Waals surface area contributed by atoms with Crippen molar-refractivity contribution in [2.45, 2.75) is 25.5 Å². The van der Waals surface area contributed by atoms with E-state index in [1.54, 1.807) is 12.1 Å². The summed E-state index contributed by atoms with van der Waals surface area (Å²) in [5.74, 6) is -0.949. The van der Waals surface area contributed by atoms with Crippen molar-refractivity contribution >= 4 is 11.9 Å². The van der Waals surface area contributed by atoms with E-state index in [1.165, 1.54) is 0 Å². The summed E-state index contributed by atoms with van der Waals surface area (Å²) in [7, 11) is 0. The number of carbonyl (C=O) groups excluding carboxylic acids is 1. The third-order valence-corrected chi connectivity index (χ3v) is 3.33. The Morgan fingerprint density at radius 3 is 2.75 bits per heavy atom. The Labute approximate surface area is 116 Å². The summed E-state index contributed by atoms with van der Waals surface area (Å²) in [6.45, 7) is 1.66. The molecule has 108 valence electrons. The average molecular weight is 279 g/mol. The van der Waals surface area contributed by atoms with E-state index in [-0.39, 0.29) is 19.6 Å². The first-order valence-corrected chi connectivity index (χ1v) is 6.38. The van der Waals surface area contributed by atoms with Crippen LogP contribution in [-0.2, 0) is 9.59 Å². The van der Waals surface area contributed by atoms with Crippen LogP contribution >= 0.6 is 0 Å². The largest absolute Gasteiger partial charge is 0.484 e. The summed E-state index contributed by atoms with van der Waals surface area (Å²) in [5, 5.41) is 18.5. The Kier molecular flexibility index (Phi) is 4.24. The topological polar surface area (TPSA) is 87.1 Å². The van der Waals surface area contributed by atoms with Gasteiger partial charge in [0.25, 0.3) is 5.91 Å². The molecule has 6 nitrogen and oxygen atoms in total. The van der Waals surface area contributed by atoms with Crippen LogP contribution in [0.5, 0.6) is 5.75 Å². The zero-order valence-electron chi connectivity index (χ0n) is 11.2. The van der Waals surface area contributed by atoms with Crippen molar-refractivity contribution in [1.82, 2.24) is 4.90 Å². The molecule has 6 heteroatoms. The molecule has 2 rings (SSSR count). The first-order chi connectivity index (χ1) is 9.49.